The van der Waals surface area contributed by atoms with Gasteiger partial charge in [0, 0.05) is 23.1 Å². The Morgan fingerprint density at radius 1 is 1.12 bits per heavy atom. The Balaban J connectivity index is 1.52. The van der Waals surface area contributed by atoms with Crippen molar-refractivity contribution >= 4 is 47.2 Å². The summed E-state index contributed by atoms with van der Waals surface area (Å²) in [6, 6.07) is 5.47. The van der Waals surface area contributed by atoms with E-state index in [9.17, 15) is 18.9 Å². The van der Waals surface area contributed by atoms with Crippen LogP contribution >= 0.6 is 18.5 Å². The quantitative estimate of drug-likeness (QED) is 0.173. The molecule has 1 saturated heterocycles. The van der Waals surface area contributed by atoms with Crippen molar-refractivity contribution in [3.05, 3.63) is 47.3 Å². The van der Waals surface area contributed by atoms with Gasteiger partial charge in [-0.3, -0.25) is 9.59 Å². The summed E-state index contributed by atoms with van der Waals surface area (Å²) in [5, 5.41) is 9.27. The molecule has 276 valence electrons. The number of thiazole rings is 1. The number of amides is 3. The first-order valence-corrected chi connectivity index (χ1v) is 20.5. The predicted molar refractivity (Wildman–Crippen MR) is 200 cm³/mol. The fraction of sp³-hybridized carbons (Fsp3) is 0.541. The molecule has 51 heavy (non-hydrogen) atoms. The van der Waals surface area contributed by atoms with Crippen LogP contribution in [0.4, 0.5) is 4.79 Å². The topological polar surface area (TPSA) is 149 Å². The van der Waals surface area contributed by atoms with Crippen LogP contribution in [0.15, 0.2) is 42.3 Å². The zero-order valence-electron chi connectivity index (χ0n) is 31.2. The van der Waals surface area contributed by atoms with E-state index in [-0.39, 0.29) is 18.9 Å². The van der Waals surface area contributed by atoms with Gasteiger partial charge in [-0.1, -0.05) is 26.8 Å². The first-order valence-electron chi connectivity index (χ1n) is 17.0. The number of ether oxygens (including phenoxy) is 3. The minimum Gasteiger partial charge on any atom is -0.497 e. The molecule has 0 bridgehead atoms. The molecular weight excluding hydrogens is 689 g/mol. The van der Waals surface area contributed by atoms with Gasteiger partial charge in [0.25, 0.3) is 0 Å². The summed E-state index contributed by atoms with van der Waals surface area (Å²) in [5.41, 5.74) is -0.231. The minimum absolute atomic E-state index is 0.0344. The largest absolute Gasteiger partial charge is 0.497 e. The van der Waals surface area contributed by atoms with E-state index in [2.05, 4.69) is 22.2 Å². The molecule has 2 aromatic heterocycles. The summed E-state index contributed by atoms with van der Waals surface area (Å²) in [5.74, 6) is -0.0700. The maximum atomic E-state index is 14.5. The molecule has 2 fully saturated rings. The molecular formula is C37H50N5O7PS. The number of benzene rings is 1. The summed E-state index contributed by atoms with van der Waals surface area (Å²) in [4.78, 5) is 52.7. The summed E-state index contributed by atoms with van der Waals surface area (Å²) in [7, 11) is -1.23. The molecule has 5 atom stereocenters. The van der Waals surface area contributed by atoms with Crippen LogP contribution in [-0.4, -0.2) is 88.8 Å². The van der Waals surface area contributed by atoms with E-state index >= 15 is 0 Å². The molecule has 0 radical (unpaired) electrons. The average Bonchev–Trinajstić information content (AvgIpc) is 3.33. The predicted octanol–water partition coefficient (Wildman–Crippen LogP) is 6.60. The third-order valence-corrected chi connectivity index (χ3v) is 12.7. The highest BCUT2D eigenvalue weighted by molar-refractivity contribution is 7.64. The van der Waals surface area contributed by atoms with Crippen LogP contribution < -0.4 is 20.1 Å². The Bertz CT molecular complexity index is 1890. The highest BCUT2D eigenvalue weighted by atomic mass is 32.1. The lowest BCUT2D eigenvalue weighted by Crippen LogP contribution is -2.59. The van der Waals surface area contributed by atoms with Crippen LogP contribution in [0.3, 0.4) is 0 Å². The van der Waals surface area contributed by atoms with Gasteiger partial charge >= 0.3 is 6.09 Å². The molecule has 3 heterocycles. The van der Waals surface area contributed by atoms with Crippen LogP contribution in [0.5, 0.6) is 11.6 Å². The number of rotatable bonds is 10. The Labute approximate surface area is 304 Å². The lowest BCUT2D eigenvalue weighted by molar-refractivity contribution is -0.142. The van der Waals surface area contributed by atoms with Gasteiger partial charge in [-0.25, -0.2) is 14.8 Å². The van der Waals surface area contributed by atoms with Crippen molar-refractivity contribution in [2.75, 3.05) is 27.0 Å². The van der Waals surface area contributed by atoms with Gasteiger partial charge in [0.2, 0.25) is 17.7 Å². The highest BCUT2D eigenvalue weighted by Crippen LogP contribution is 2.67. The van der Waals surface area contributed by atoms with Crippen LogP contribution in [-0.2, 0) is 18.9 Å². The summed E-state index contributed by atoms with van der Waals surface area (Å²) >= 11 is 1.51. The van der Waals surface area contributed by atoms with Gasteiger partial charge in [0.1, 0.15) is 36.7 Å². The van der Waals surface area contributed by atoms with Gasteiger partial charge in [-0.15, -0.1) is 17.9 Å². The van der Waals surface area contributed by atoms with Crippen LogP contribution in [0, 0.1) is 18.3 Å². The van der Waals surface area contributed by atoms with Crippen molar-refractivity contribution in [1.29, 1.82) is 0 Å². The number of nitrogens with zero attached hydrogens (tertiary/aromatic N) is 3. The second-order valence-corrected chi connectivity index (χ2v) is 20.5. The van der Waals surface area contributed by atoms with E-state index in [0.29, 0.717) is 29.4 Å². The highest BCUT2D eigenvalue weighted by Gasteiger charge is 2.62. The SMILES string of the molecule is C=CC1CC1(NC(=O)C1CC(Oc2nc(-c3csc(C)n3)cc3cc(OC)ccc23)CN1C(=O)C(NC(=O)OC(C)(C)C)C(C)(C)C)P(C)(C)=O. The molecule has 3 aromatic rings. The fourth-order valence-electron chi connectivity index (χ4n) is 6.55. The molecule has 14 heteroatoms. The number of alkyl carbamates (subject to hydrolysis) is 1. The maximum Gasteiger partial charge on any atom is 0.408 e. The van der Waals surface area contributed by atoms with Crippen molar-refractivity contribution in [1.82, 2.24) is 25.5 Å². The monoisotopic (exact) mass is 739 g/mol. The summed E-state index contributed by atoms with van der Waals surface area (Å²) in [6.07, 6.45) is 0.949. The Kier molecular flexibility index (Phi) is 10.4. The number of likely N-dealkylation sites (tertiary alicyclic amines) is 1. The number of aromatic nitrogens is 2. The maximum absolute atomic E-state index is 14.5. The van der Waals surface area contributed by atoms with E-state index in [1.54, 1.807) is 47.3 Å². The van der Waals surface area contributed by atoms with Crippen molar-refractivity contribution in [3.8, 4) is 23.0 Å². The second kappa shape index (κ2) is 13.9. The number of nitrogens with one attached hydrogen (secondary N) is 2. The molecule has 1 aromatic carbocycles. The molecule has 2 aliphatic rings. The number of carbonyl (C=O) groups excluding carboxylic acids is 3. The first-order chi connectivity index (χ1) is 23.7. The van der Waals surface area contributed by atoms with Gasteiger partial charge in [0.15, 0.2) is 0 Å². The number of pyridine rings is 1. The zero-order valence-corrected chi connectivity index (χ0v) is 32.9. The second-order valence-electron chi connectivity index (χ2n) is 15.9. The Morgan fingerprint density at radius 2 is 1.82 bits per heavy atom. The molecule has 0 spiro atoms. The molecule has 5 rings (SSSR count). The number of carbonyl (C=O) groups is 3. The molecule has 1 saturated carbocycles. The number of fused-ring (bicyclic) bond motifs is 1. The number of methoxy groups -OCH3 is 1. The standard InChI is InChI=1S/C37H50N5O7PS/c1-12-23-18-37(23,50(10,11)46)41-31(43)29-17-25(19-42(29)33(44)30(35(3,4)5)40-34(45)49-36(6,7)8)48-32-26-14-13-24(47-9)15-22(26)16-27(39-32)28-20-51-21(2)38-28/h12-16,20,23,25,29-30H,1,17-19H2,2-11H3,(H,40,45)(H,41,43). The van der Waals surface area contributed by atoms with E-state index in [1.165, 1.54) is 16.2 Å². The third-order valence-electron chi connectivity index (χ3n) is 9.36. The normalized spacial score (nSPS) is 22.6. The number of aryl methyl sites for hydroxylation is 1. The van der Waals surface area contributed by atoms with Crippen LogP contribution in [0.1, 0.15) is 59.4 Å². The number of hydrogen-bond acceptors (Lipinski definition) is 10. The van der Waals surface area contributed by atoms with Crippen molar-refractivity contribution in [3.63, 3.8) is 0 Å². The first kappa shape index (κ1) is 38.3. The molecule has 1 aliphatic heterocycles. The molecule has 2 N–H and O–H groups in total. The molecule has 12 nitrogen and oxygen atoms in total. The van der Waals surface area contributed by atoms with E-state index < -0.39 is 59.5 Å². The van der Waals surface area contributed by atoms with Crippen LogP contribution in [0.25, 0.3) is 22.2 Å². The van der Waals surface area contributed by atoms with Gasteiger partial charge in [-0.05, 0) is 82.5 Å². The fourth-order valence-corrected chi connectivity index (χ4v) is 9.08. The lowest BCUT2D eigenvalue weighted by Gasteiger charge is -2.36. The van der Waals surface area contributed by atoms with E-state index in [4.69, 9.17) is 19.2 Å². The zero-order chi connectivity index (χ0) is 37.7. The van der Waals surface area contributed by atoms with Gasteiger partial charge < -0.3 is 34.3 Å². The van der Waals surface area contributed by atoms with Gasteiger partial charge in [0.05, 0.1) is 35.3 Å². The van der Waals surface area contributed by atoms with Crippen LogP contribution in [0.2, 0.25) is 0 Å². The smallest absolute Gasteiger partial charge is 0.408 e. The van der Waals surface area contributed by atoms with Crippen molar-refractivity contribution < 1.29 is 33.2 Å². The molecule has 3 amide bonds. The summed E-state index contributed by atoms with van der Waals surface area (Å²) in [6.45, 7) is 19.9. The van der Waals surface area contributed by atoms with E-state index in [0.717, 1.165) is 15.8 Å². The minimum atomic E-state index is -2.83. The number of hydrogen-bond donors (Lipinski definition) is 2. The van der Waals surface area contributed by atoms with E-state index in [1.807, 2.05) is 57.3 Å². The lowest BCUT2D eigenvalue weighted by atomic mass is 9.85. The van der Waals surface area contributed by atoms with Crippen molar-refractivity contribution in [2.24, 2.45) is 11.3 Å². The van der Waals surface area contributed by atoms with Gasteiger partial charge in [-0.2, -0.15) is 0 Å². The average molecular weight is 740 g/mol. The third kappa shape index (κ3) is 8.25. The summed E-state index contributed by atoms with van der Waals surface area (Å²) < 4.78 is 31.1. The molecule has 1 aliphatic carbocycles. The molecule has 5 unspecified atom stereocenters. The van der Waals surface area contributed by atoms with Crippen molar-refractivity contribution in [2.45, 2.75) is 90.4 Å². The Morgan fingerprint density at radius 3 is 2.37 bits per heavy atom. The Hall–Kier alpha value is -3.96.